The highest BCUT2D eigenvalue weighted by Crippen LogP contribution is 2.16. The average molecular weight is 294 g/mol. The number of piperidine rings is 1. The van der Waals surface area contributed by atoms with Crippen molar-refractivity contribution in [2.24, 2.45) is 0 Å². The smallest absolute Gasteiger partial charge is 0.244 e. The second kappa shape index (κ2) is 9.55. The van der Waals surface area contributed by atoms with Crippen molar-refractivity contribution in [3.05, 3.63) is 18.0 Å². The van der Waals surface area contributed by atoms with E-state index in [1.807, 2.05) is 38.4 Å². The van der Waals surface area contributed by atoms with Gasteiger partial charge in [-0.3, -0.25) is 9.48 Å². The number of amides is 1. The molecule has 0 radical (unpaired) electrons. The Morgan fingerprint density at radius 1 is 1.19 bits per heavy atom. The largest absolute Gasteiger partial charge is 0.338 e. The first-order valence-corrected chi connectivity index (χ1v) is 8.35. The van der Waals surface area contributed by atoms with E-state index in [0.29, 0.717) is 12.6 Å². The molecule has 5 nitrogen and oxygen atoms in total. The highest BCUT2D eigenvalue weighted by molar-refractivity contribution is 5.76. The van der Waals surface area contributed by atoms with Crippen LogP contribution in [0.15, 0.2) is 12.3 Å². The normalized spacial score (nSPS) is 18.7. The zero-order chi connectivity index (χ0) is 15.7. The highest BCUT2D eigenvalue weighted by Gasteiger charge is 2.27. The molecule has 0 aromatic carbocycles. The third kappa shape index (κ3) is 4.56. The van der Waals surface area contributed by atoms with Crippen molar-refractivity contribution in [1.82, 2.24) is 20.0 Å². The van der Waals surface area contributed by atoms with Gasteiger partial charge in [-0.1, -0.05) is 27.7 Å². The zero-order valence-corrected chi connectivity index (χ0v) is 13.9. The van der Waals surface area contributed by atoms with Gasteiger partial charge in [0, 0.05) is 30.9 Å². The Kier molecular flexibility index (Phi) is 8.05. The Hall–Kier alpha value is -1.36. The molecule has 1 N–H and O–H groups in total. The fourth-order valence-electron chi connectivity index (χ4n) is 2.80. The van der Waals surface area contributed by atoms with Crippen molar-refractivity contribution in [3.8, 4) is 0 Å². The molecule has 120 valence electrons. The van der Waals surface area contributed by atoms with Crippen molar-refractivity contribution in [1.29, 1.82) is 0 Å². The van der Waals surface area contributed by atoms with Gasteiger partial charge in [0.05, 0.1) is 0 Å². The third-order valence-corrected chi connectivity index (χ3v) is 3.77. The van der Waals surface area contributed by atoms with E-state index in [4.69, 9.17) is 0 Å². The van der Waals surface area contributed by atoms with Gasteiger partial charge >= 0.3 is 0 Å². The number of carbonyl (C=O) groups is 1. The van der Waals surface area contributed by atoms with Gasteiger partial charge in [-0.25, -0.2) is 0 Å². The summed E-state index contributed by atoms with van der Waals surface area (Å²) in [5.74, 6) is 0.222. The zero-order valence-electron chi connectivity index (χ0n) is 13.9. The molecule has 3 rings (SSSR count). The van der Waals surface area contributed by atoms with Gasteiger partial charge in [-0.2, -0.15) is 5.10 Å². The summed E-state index contributed by atoms with van der Waals surface area (Å²) in [4.78, 5) is 14.3. The minimum atomic E-state index is 0.222. The minimum Gasteiger partial charge on any atom is -0.338 e. The van der Waals surface area contributed by atoms with E-state index in [2.05, 4.69) is 15.3 Å². The van der Waals surface area contributed by atoms with Crippen LogP contribution in [0.5, 0.6) is 0 Å². The standard InChI is InChI=1S/C12H18N4O.2C2H6/c17-12-9-16-11(3-7-14-16)4-8-15(12)10-1-5-13-6-2-10;2*1-2/h3,7,10,13H,1-2,4-6,8-9H2;2*1-2H3. The van der Waals surface area contributed by atoms with E-state index < -0.39 is 0 Å². The maximum absolute atomic E-state index is 12.2. The summed E-state index contributed by atoms with van der Waals surface area (Å²) < 4.78 is 1.84. The van der Waals surface area contributed by atoms with E-state index in [1.54, 1.807) is 6.20 Å². The number of nitrogens with zero attached hydrogens (tertiary/aromatic N) is 3. The van der Waals surface area contributed by atoms with Crippen molar-refractivity contribution < 1.29 is 4.79 Å². The topological polar surface area (TPSA) is 50.2 Å². The molecular formula is C16H30N4O. The van der Waals surface area contributed by atoms with Crippen molar-refractivity contribution >= 4 is 5.91 Å². The number of carbonyl (C=O) groups excluding carboxylic acids is 1. The summed E-state index contributed by atoms with van der Waals surface area (Å²) in [6.07, 6.45) is 4.86. The molecule has 0 bridgehead atoms. The van der Waals surface area contributed by atoms with Crippen LogP contribution in [-0.2, 0) is 17.8 Å². The van der Waals surface area contributed by atoms with Crippen LogP contribution in [0.3, 0.4) is 0 Å². The first-order valence-electron chi connectivity index (χ1n) is 8.35. The Labute approximate surface area is 128 Å². The van der Waals surface area contributed by atoms with E-state index in [1.165, 1.54) is 5.69 Å². The average Bonchev–Trinajstić information content (AvgIpc) is 2.93. The van der Waals surface area contributed by atoms with Crippen LogP contribution in [-0.4, -0.2) is 46.3 Å². The van der Waals surface area contributed by atoms with E-state index in [0.717, 1.165) is 38.9 Å². The fraction of sp³-hybridized carbons (Fsp3) is 0.750. The summed E-state index contributed by atoms with van der Waals surface area (Å²) in [5.41, 5.74) is 1.18. The molecule has 1 amide bonds. The number of nitrogens with one attached hydrogen (secondary N) is 1. The molecule has 2 aliphatic heterocycles. The van der Waals surface area contributed by atoms with Crippen LogP contribution < -0.4 is 5.32 Å². The Morgan fingerprint density at radius 3 is 2.52 bits per heavy atom. The molecule has 1 aromatic heterocycles. The van der Waals surface area contributed by atoms with Crippen LogP contribution in [0, 0.1) is 0 Å². The number of hydrogen-bond donors (Lipinski definition) is 1. The lowest BCUT2D eigenvalue weighted by Gasteiger charge is -2.33. The van der Waals surface area contributed by atoms with Crippen LogP contribution in [0.2, 0.25) is 0 Å². The first kappa shape index (κ1) is 17.7. The molecule has 0 aliphatic carbocycles. The summed E-state index contributed by atoms with van der Waals surface area (Å²) in [6.45, 7) is 11.3. The van der Waals surface area contributed by atoms with Gasteiger partial charge in [-0.15, -0.1) is 0 Å². The lowest BCUT2D eigenvalue weighted by Crippen LogP contribution is -2.47. The van der Waals surface area contributed by atoms with E-state index in [-0.39, 0.29) is 5.91 Å². The van der Waals surface area contributed by atoms with Crippen LogP contribution in [0.1, 0.15) is 46.2 Å². The van der Waals surface area contributed by atoms with Crippen LogP contribution in [0.4, 0.5) is 0 Å². The number of fused-ring (bicyclic) bond motifs is 1. The second-order valence-corrected chi connectivity index (χ2v) is 4.80. The lowest BCUT2D eigenvalue weighted by molar-refractivity contribution is -0.134. The summed E-state index contributed by atoms with van der Waals surface area (Å²) in [6, 6.07) is 2.44. The molecule has 2 aliphatic rings. The molecule has 3 heterocycles. The molecule has 1 saturated heterocycles. The third-order valence-electron chi connectivity index (χ3n) is 3.77. The number of hydrogen-bond acceptors (Lipinski definition) is 3. The minimum absolute atomic E-state index is 0.222. The molecule has 21 heavy (non-hydrogen) atoms. The van der Waals surface area contributed by atoms with E-state index >= 15 is 0 Å². The highest BCUT2D eigenvalue weighted by atomic mass is 16.2. The van der Waals surface area contributed by atoms with Gasteiger partial charge in [0.15, 0.2) is 0 Å². The van der Waals surface area contributed by atoms with Gasteiger partial charge in [0.1, 0.15) is 6.54 Å². The summed E-state index contributed by atoms with van der Waals surface area (Å²) in [5, 5.41) is 7.54. The second-order valence-electron chi connectivity index (χ2n) is 4.80. The van der Waals surface area contributed by atoms with Crippen molar-refractivity contribution in [2.75, 3.05) is 19.6 Å². The SMILES string of the molecule is CC.CC.O=C1Cn2nccc2CCN1C1CCNCC1. The molecule has 0 unspecified atom stereocenters. The monoisotopic (exact) mass is 294 g/mol. The summed E-state index contributed by atoms with van der Waals surface area (Å²) >= 11 is 0. The predicted octanol–water partition coefficient (Wildman–Crippen LogP) is 2.07. The lowest BCUT2D eigenvalue weighted by atomic mass is 10.0. The van der Waals surface area contributed by atoms with Crippen LogP contribution >= 0.6 is 0 Å². The number of aromatic nitrogens is 2. The van der Waals surface area contributed by atoms with Gasteiger partial charge < -0.3 is 10.2 Å². The van der Waals surface area contributed by atoms with Crippen molar-refractivity contribution in [3.63, 3.8) is 0 Å². The Morgan fingerprint density at radius 2 is 1.86 bits per heavy atom. The number of rotatable bonds is 1. The maximum atomic E-state index is 12.2. The molecule has 0 spiro atoms. The van der Waals surface area contributed by atoms with E-state index in [9.17, 15) is 4.79 Å². The van der Waals surface area contributed by atoms with Crippen molar-refractivity contribution in [2.45, 2.75) is 59.5 Å². The summed E-state index contributed by atoms with van der Waals surface area (Å²) in [7, 11) is 0. The predicted molar refractivity (Wildman–Crippen MR) is 86.2 cm³/mol. The molecule has 1 fully saturated rings. The quantitative estimate of drug-likeness (QED) is 0.862. The van der Waals surface area contributed by atoms with Gasteiger partial charge in [0.2, 0.25) is 5.91 Å². The Bertz CT molecular complexity index is 410. The van der Waals surface area contributed by atoms with Gasteiger partial charge in [-0.05, 0) is 32.0 Å². The van der Waals surface area contributed by atoms with Gasteiger partial charge in [0.25, 0.3) is 0 Å². The molecule has 5 heteroatoms. The first-order chi connectivity index (χ1) is 10.3. The maximum Gasteiger partial charge on any atom is 0.244 e. The Balaban J connectivity index is 0.000000510. The van der Waals surface area contributed by atoms with Crippen LogP contribution in [0.25, 0.3) is 0 Å². The molecule has 1 aromatic rings. The molecular weight excluding hydrogens is 264 g/mol. The molecule has 0 saturated carbocycles. The molecule has 0 atom stereocenters. The fourth-order valence-corrected chi connectivity index (χ4v) is 2.80.